The van der Waals surface area contributed by atoms with Gasteiger partial charge in [0.15, 0.2) is 0 Å². The molecular weight excluding hydrogens is 372 g/mol. The molecule has 0 aromatic heterocycles. The molecule has 0 bridgehead atoms. The molecule has 0 saturated heterocycles. The summed E-state index contributed by atoms with van der Waals surface area (Å²) in [6, 6.07) is 25.6. The van der Waals surface area contributed by atoms with Crippen LogP contribution in [0.4, 0.5) is 8.78 Å². The van der Waals surface area contributed by atoms with Crippen LogP contribution < -0.4 is 4.74 Å². The number of halogens is 2. The largest absolute Gasteiger partial charge is 0.497 e. The maximum atomic E-state index is 15.0. The van der Waals surface area contributed by atoms with Gasteiger partial charge in [0.25, 0.3) is 5.92 Å². The van der Waals surface area contributed by atoms with E-state index in [0.717, 1.165) is 11.1 Å². The normalized spacial score (nSPS) is 11.6. The Morgan fingerprint density at radius 2 is 1.31 bits per heavy atom. The second-order valence-corrected chi connectivity index (χ2v) is 6.79. The van der Waals surface area contributed by atoms with E-state index < -0.39 is 24.3 Å². The van der Waals surface area contributed by atoms with Gasteiger partial charge in [0.1, 0.15) is 5.75 Å². The quantitative estimate of drug-likeness (QED) is 0.190. The molecule has 0 heterocycles. The lowest BCUT2D eigenvalue weighted by atomic mass is 9.66. The van der Waals surface area contributed by atoms with Crippen LogP contribution >= 0.6 is 0 Å². The van der Waals surface area contributed by atoms with Crippen LogP contribution in [0.15, 0.2) is 90.0 Å². The monoisotopic (exact) mass is 393 g/mol. The van der Waals surface area contributed by atoms with Gasteiger partial charge in [-0.25, -0.2) is 8.78 Å². The van der Waals surface area contributed by atoms with E-state index in [1.165, 1.54) is 0 Å². The Hall–Kier alpha value is -3.37. The smallest absolute Gasteiger partial charge is 0.255 e. The first-order chi connectivity index (χ1) is 14.0. The Morgan fingerprint density at radius 1 is 0.828 bits per heavy atom. The zero-order valence-corrected chi connectivity index (χ0v) is 16.0. The molecule has 3 aromatic carbocycles. The average Bonchev–Trinajstić information content (AvgIpc) is 2.77. The Balaban J connectivity index is 2.28. The van der Waals surface area contributed by atoms with Crippen molar-refractivity contribution >= 4 is 0 Å². The molecule has 0 aliphatic rings. The van der Waals surface area contributed by atoms with E-state index in [2.05, 4.69) is 10.0 Å². The van der Waals surface area contributed by atoms with Crippen molar-refractivity contribution in [2.24, 2.45) is 5.11 Å². The van der Waals surface area contributed by atoms with Gasteiger partial charge in [-0.1, -0.05) is 77.9 Å². The fraction of sp³-hybridized carbons (Fsp3) is 0.217. The van der Waals surface area contributed by atoms with Crippen molar-refractivity contribution in [3.05, 3.63) is 112 Å². The van der Waals surface area contributed by atoms with Gasteiger partial charge in [0.05, 0.1) is 19.1 Å². The van der Waals surface area contributed by atoms with E-state index in [1.807, 2.05) is 72.8 Å². The van der Waals surface area contributed by atoms with Crippen molar-refractivity contribution in [1.29, 1.82) is 0 Å². The summed E-state index contributed by atoms with van der Waals surface area (Å²) < 4.78 is 35.3. The van der Waals surface area contributed by atoms with Crippen LogP contribution in [0.5, 0.6) is 5.75 Å². The molecule has 0 amide bonds. The number of hydrogen-bond acceptors (Lipinski definition) is 2. The minimum Gasteiger partial charge on any atom is -0.497 e. The van der Waals surface area contributed by atoms with Crippen LogP contribution in [0.1, 0.15) is 23.1 Å². The number of ether oxygens (including phenoxy) is 1. The summed E-state index contributed by atoms with van der Waals surface area (Å²) in [6.45, 7) is -0.902. The van der Waals surface area contributed by atoms with Crippen molar-refractivity contribution in [1.82, 2.24) is 0 Å². The minimum atomic E-state index is -3.21. The van der Waals surface area contributed by atoms with Crippen molar-refractivity contribution in [3.8, 4) is 5.75 Å². The maximum absolute atomic E-state index is 15.0. The Labute approximate surface area is 168 Å². The molecule has 0 spiro atoms. The fourth-order valence-electron chi connectivity index (χ4n) is 3.71. The zero-order valence-electron chi connectivity index (χ0n) is 16.0. The summed E-state index contributed by atoms with van der Waals surface area (Å²) >= 11 is 0. The van der Waals surface area contributed by atoms with Crippen LogP contribution in [-0.4, -0.2) is 19.6 Å². The summed E-state index contributed by atoms with van der Waals surface area (Å²) in [5, 5.41) is 3.15. The lowest BCUT2D eigenvalue weighted by molar-refractivity contribution is -0.0103. The van der Waals surface area contributed by atoms with Gasteiger partial charge >= 0.3 is 0 Å². The molecule has 0 N–H and O–H groups in total. The van der Waals surface area contributed by atoms with Gasteiger partial charge in [-0.05, 0) is 34.4 Å². The highest BCUT2D eigenvalue weighted by atomic mass is 19.3. The van der Waals surface area contributed by atoms with Gasteiger partial charge in [-0.15, -0.1) is 0 Å². The highest BCUT2D eigenvalue weighted by Crippen LogP contribution is 2.46. The molecule has 3 rings (SSSR count). The molecule has 4 nitrogen and oxygen atoms in total. The number of nitrogens with zero attached hydrogens (tertiary/aromatic N) is 3. The predicted molar refractivity (Wildman–Crippen MR) is 109 cm³/mol. The molecule has 0 aliphatic heterocycles. The number of methoxy groups -OCH3 is 1. The average molecular weight is 393 g/mol. The topological polar surface area (TPSA) is 58.0 Å². The van der Waals surface area contributed by atoms with Gasteiger partial charge < -0.3 is 4.74 Å². The second kappa shape index (κ2) is 8.76. The first kappa shape index (κ1) is 20.4. The molecule has 0 saturated carbocycles. The van der Waals surface area contributed by atoms with Gasteiger partial charge in [0.2, 0.25) is 0 Å². The van der Waals surface area contributed by atoms with E-state index in [4.69, 9.17) is 10.3 Å². The van der Waals surface area contributed by atoms with Gasteiger partial charge in [0, 0.05) is 11.3 Å². The first-order valence-electron chi connectivity index (χ1n) is 9.16. The Morgan fingerprint density at radius 3 is 1.76 bits per heavy atom. The molecular formula is C23H21F2N3O. The van der Waals surface area contributed by atoms with Crippen molar-refractivity contribution in [2.75, 3.05) is 13.7 Å². The van der Waals surface area contributed by atoms with E-state index in [-0.39, 0.29) is 0 Å². The molecule has 29 heavy (non-hydrogen) atoms. The maximum Gasteiger partial charge on any atom is 0.255 e. The predicted octanol–water partition coefficient (Wildman–Crippen LogP) is 6.37. The summed E-state index contributed by atoms with van der Waals surface area (Å²) in [7, 11) is 1.56. The van der Waals surface area contributed by atoms with Crippen LogP contribution in [0, 0.1) is 0 Å². The standard InChI is InChI=1S/C23H21F2N3O/c1-29-21-14-12-20(13-15-21)23(18-8-4-2-5-9-18,19-10-6-3-7-11-19)16-22(24,25)17-27-28-26/h2-15H,16-17H2,1H3. The van der Waals surface area contributed by atoms with Crippen LogP contribution in [0.3, 0.4) is 0 Å². The second-order valence-electron chi connectivity index (χ2n) is 6.79. The van der Waals surface area contributed by atoms with Crippen molar-refractivity contribution in [2.45, 2.75) is 17.8 Å². The molecule has 3 aromatic rings. The molecule has 0 atom stereocenters. The highest BCUT2D eigenvalue weighted by Gasteiger charge is 2.45. The third kappa shape index (κ3) is 4.39. The summed E-state index contributed by atoms with van der Waals surface area (Å²) in [5.41, 5.74) is 9.58. The number of benzene rings is 3. The van der Waals surface area contributed by atoms with E-state index in [9.17, 15) is 0 Å². The van der Waals surface area contributed by atoms with Crippen molar-refractivity contribution < 1.29 is 13.5 Å². The zero-order chi connectivity index (χ0) is 20.7. The van der Waals surface area contributed by atoms with Crippen LogP contribution in [0.2, 0.25) is 0 Å². The third-order valence-corrected chi connectivity index (χ3v) is 5.01. The molecule has 0 radical (unpaired) electrons. The Bertz CT molecular complexity index is 931. The Kier molecular flexibility index (Phi) is 6.15. The summed E-state index contributed by atoms with van der Waals surface area (Å²) in [5.74, 6) is -2.57. The summed E-state index contributed by atoms with van der Waals surface area (Å²) in [6.07, 6.45) is -0.542. The highest BCUT2D eigenvalue weighted by molar-refractivity contribution is 5.51. The molecule has 148 valence electrons. The minimum absolute atomic E-state index is 0.542. The number of alkyl halides is 2. The first-order valence-corrected chi connectivity index (χ1v) is 9.16. The van der Waals surface area contributed by atoms with Crippen molar-refractivity contribution in [3.63, 3.8) is 0 Å². The lowest BCUT2D eigenvalue weighted by Gasteiger charge is -2.38. The van der Waals surface area contributed by atoms with Crippen LogP contribution in [-0.2, 0) is 5.41 Å². The SMILES string of the molecule is COc1ccc(C(CC(F)(F)CN=[N+]=[N-])(c2ccccc2)c2ccccc2)cc1. The molecule has 0 aliphatic carbocycles. The van der Waals surface area contributed by atoms with Crippen LogP contribution in [0.25, 0.3) is 10.4 Å². The summed E-state index contributed by atoms with van der Waals surface area (Å²) in [4.78, 5) is 2.52. The van der Waals surface area contributed by atoms with E-state index in [0.29, 0.717) is 11.3 Å². The lowest BCUT2D eigenvalue weighted by Crippen LogP contribution is -2.38. The van der Waals surface area contributed by atoms with Gasteiger partial charge in [-0.3, -0.25) is 0 Å². The number of hydrogen-bond donors (Lipinski definition) is 0. The fourth-order valence-corrected chi connectivity index (χ4v) is 3.71. The van der Waals surface area contributed by atoms with E-state index in [1.54, 1.807) is 19.2 Å². The number of rotatable bonds is 8. The number of azide groups is 1. The van der Waals surface area contributed by atoms with Gasteiger partial charge in [-0.2, -0.15) is 0 Å². The molecule has 6 heteroatoms. The third-order valence-electron chi connectivity index (χ3n) is 5.01. The molecule has 0 unspecified atom stereocenters. The van der Waals surface area contributed by atoms with E-state index >= 15 is 8.78 Å². The molecule has 0 fully saturated rings.